The van der Waals surface area contributed by atoms with Crippen LogP contribution in [0.3, 0.4) is 0 Å². The molecule has 0 unspecified atom stereocenters. The number of allylic oxidation sites excluding steroid dienone is 1. The summed E-state index contributed by atoms with van der Waals surface area (Å²) < 4.78 is 0. The predicted molar refractivity (Wildman–Crippen MR) is 44.7 cm³/mol. The van der Waals surface area contributed by atoms with E-state index in [-0.39, 0.29) is 0 Å². The van der Waals surface area contributed by atoms with Gasteiger partial charge in [-0.05, 0) is 31.6 Å². The van der Waals surface area contributed by atoms with Crippen molar-refractivity contribution in [1.29, 1.82) is 5.26 Å². The van der Waals surface area contributed by atoms with Crippen LogP contribution in [0, 0.1) is 17.2 Å². The van der Waals surface area contributed by atoms with E-state index in [1.807, 2.05) is 6.08 Å². The van der Waals surface area contributed by atoms with Crippen LogP contribution in [0.25, 0.3) is 0 Å². The molecule has 0 aromatic heterocycles. The van der Waals surface area contributed by atoms with Crippen LogP contribution in [0.15, 0.2) is 12.7 Å². The molecule has 0 aliphatic heterocycles. The number of hydrogen-bond acceptors (Lipinski definition) is 2. The molecule has 1 saturated carbocycles. The zero-order chi connectivity index (χ0) is 8.32. The lowest BCUT2D eigenvalue weighted by atomic mass is 9.77. The van der Waals surface area contributed by atoms with E-state index in [0.717, 1.165) is 25.7 Å². The van der Waals surface area contributed by atoms with Crippen LogP contribution in [0.1, 0.15) is 25.7 Å². The number of nitrogens with zero attached hydrogens (tertiary/aromatic N) is 1. The molecule has 0 aromatic rings. The van der Waals surface area contributed by atoms with Crippen molar-refractivity contribution in [3.63, 3.8) is 0 Å². The van der Waals surface area contributed by atoms with E-state index in [2.05, 4.69) is 12.6 Å². The van der Waals surface area contributed by atoms with Crippen LogP contribution in [0.4, 0.5) is 0 Å². The lowest BCUT2D eigenvalue weighted by Crippen LogP contribution is -2.42. The molecule has 11 heavy (non-hydrogen) atoms. The monoisotopic (exact) mass is 150 g/mol. The van der Waals surface area contributed by atoms with E-state index < -0.39 is 5.54 Å². The first-order valence-corrected chi connectivity index (χ1v) is 4.03. The molecular weight excluding hydrogens is 136 g/mol. The predicted octanol–water partition coefficient (Wildman–Crippen LogP) is 1.58. The summed E-state index contributed by atoms with van der Waals surface area (Å²) in [6.07, 6.45) is 5.74. The van der Waals surface area contributed by atoms with Crippen molar-refractivity contribution in [2.75, 3.05) is 0 Å². The van der Waals surface area contributed by atoms with Crippen molar-refractivity contribution in [2.24, 2.45) is 11.7 Å². The highest BCUT2D eigenvalue weighted by atomic mass is 14.7. The summed E-state index contributed by atoms with van der Waals surface area (Å²) in [4.78, 5) is 0. The third kappa shape index (κ3) is 1.81. The van der Waals surface area contributed by atoms with Gasteiger partial charge in [-0.1, -0.05) is 6.08 Å². The normalized spacial score (nSPS) is 37.6. The number of nitrogens with two attached hydrogens (primary N) is 1. The first-order valence-electron chi connectivity index (χ1n) is 4.03. The second kappa shape index (κ2) is 3.06. The molecule has 0 radical (unpaired) electrons. The second-order valence-corrected chi connectivity index (χ2v) is 3.36. The van der Waals surface area contributed by atoms with Crippen molar-refractivity contribution in [1.82, 2.24) is 0 Å². The second-order valence-electron chi connectivity index (χ2n) is 3.36. The fourth-order valence-corrected chi connectivity index (χ4v) is 1.65. The van der Waals surface area contributed by atoms with Crippen LogP contribution in [0.5, 0.6) is 0 Å². The minimum Gasteiger partial charge on any atom is -0.313 e. The summed E-state index contributed by atoms with van der Waals surface area (Å²) >= 11 is 0. The molecule has 2 heteroatoms. The molecule has 0 aromatic carbocycles. The zero-order valence-corrected chi connectivity index (χ0v) is 6.71. The first-order chi connectivity index (χ1) is 5.20. The Labute approximate surface area is 67.7 Å². The smallest absolute Gasteiger partial charge is 0.104 e. The van der Waals surface area contributed by atoms with Gasteiger partial charge in [-0.15, -0.1) is 6.58 Å². The van der Waals surface area contributed by atoms with Crippen molar-refractivity contribution in [3.05, 3.63) is 12.7 Å². The Morgan fingerprint density at radius 1 is 1.73 bits per heavy atom. The van der Waals surface area contributed by atoms with Crippen molar-refractivity contribution in [3.8, 4) is 6.07 Å². The van der Waals surface area contributed by atoms with Gasteiger partial charge < -0.3 is 5.73 Å². The molecule has 2 nitrogen and oxygen atoms in total. The highest BCUT2D eigenvalue weighted by Gasteiger charge is 2.31. The standard InChI is InChI=1S/C9H14N2/c1-2-8-4-3-5-9(11,6-8)7-10/h2,8H,1,3-6,11H2/t8-,9+/m1/s1. The largest absolute Gasteiger partial charge is 0.313 e. The van der Waals surface area contributed by atoms with Gasteiger partial charge in [0.05, 0.1) is 6.07 Å². The average Bonchev–Trinajstić information content (AvgIpc) is 2.05. The van der Waals surface area contributed by atoms with E-state index in [1.54, 1.807) is 0 Å². The molecule has 0 bridgehead atoms. The Hall–Kier alpha value is -0.810. The van der Waals surface area contributed by atoms with Gasteiger partial charge in [-0.25, -0.2) is 0 Å². The van der Waals surface area contributed by atoms with Crippen LogP contribution in [-0.4, -0.2) is 5.54 Å². The van der Waals surface area contributed by atoms with Gasteiger partial charge in [0.1, 0.15) is 5.54 Å². The third-order valence-corrected chi connectivity index (χ3v) is 2.38. The summed E-state index contributed by atoms with van der Waals surface area (Å²) in [6.45, 7) is 3.72. The quantitative estimate of drug-likeness (QED) is 0.577. The number of hydrogen-bond donors (Lipinski definition) is 1. The van der Waals surface area contributed by atoms with Gasteiger partial charge in [0.15, 0.2) is 0 Å². The van der Waals surface area contributed by atoms with E-state index in [1.165, 1.54) is 0 Å². The van der Waals surface area contributed by atoms with Crippen molar-refractivity contribution in [2.45, 2.75) is 31.2 Å². The van der Waals surface area contributed by atoms with Crippen LogP contribution in [-0.2, 0) is 0 Å². The van der Waals surface area contributed by atoms with Gasteiger partial charge in [0.25, 0.3) is 0 Å². The number of nitriles is 1. The molecule has 2 atom stereocenters. The molecule has 1 aliphatic carbocycles. The molecule has 0 heterocycles. The molecule has 0 saturated heterocycles. The Kier molecular flexibility index (Phi) is 2.31. The molecule has 0 amide bonds. The minimum absolute atomic E-state index is 0.452. The Morgan fingerprint density at radius 2 is 2.45 bits per heavy atom. The maximum atomic E-state index is 8.75. The topological polar surface area (TPSA) is 49.8 Å². The number of rotatable bonds is 1. The fourth-order valence-electron chi connectivity index (χ4n) is 1.65. The lowest BCUT2D eigenvalue weighted by Gasteiger charge is -2.30. The summed E-state index contributed by atoms with van der Waals surface area (Å²) in [5, 5.41) is 8.75. The third-order valence-electron chi connectivity index (χ3n) is 2.38. The molecule has 1 aliphatic rings. The average molecular weight is 150 g/mol. The van der Waals surface area contributed by atoms with Crippen LogP contribution in [0.2, 0.25) is 0 Å². The minimum atomic E-state index is -0.572. The molecular formula is C9H14N2. The molecule has 1 rings (SSSR count). The summed E-state index contributed by atoms with van der Waals surface area (Å²) in [5.41, 5.74) is 5.24. The van der Waals surface area contributed by atoms with Crippen LogP contribution >= 0.6 is 0 Å². The van der Waals surface area contributed by atoms with Gasteiger partial charge in [0, 0.05) is 0 Å². The van der Waals surface area contributed by atoms with E-state index in [4.69, 9.17) is 11.0 Å². The molecule has 60 valence electrons. The van der Waals surface area contributed by atoms with Crippen molar-refractivity contribution < 1.29 is 0 Å². The van der Waals surface area contributed by atoms with E-state index in [9.17, 15) is 0 Å². The summed E-state index contributed by atoms with van der Waals surface area (Å²) in [6, 6.07) is 2.17. The van der Waals surface area contributed by atoms with E-state index in [0.29, 0.717) is 5.92 Å². The lowest BCUT2D eigenvalue weighted by molar-refractivity contribution is 0.312. The Balaban J connectivity index is 2.60. The maximum absolute atomic E-state index is 8.75. The highest BCUT2D eigenvalue weighted by Crippen LogP contribution is 2.30. The van der Waals surface area contributed by atoms with Gasteiger partial charge in [-0.2, -0.15) is 5.26 Å². The van der Waals surface area contributed by atoms with Crippen molar-refractivity contribution >= 4 is 0 Å². The molecule has 1 fully saturated rings. The summed E-state index contributed by atoms with van der Waals surface area (Å²) in [7, 11) is 0. The SMILES string of the molecule is C=C[C@@H]1CCC[C@@](N)(C#N)C1. The fraction of sp³-hybridized carbons (Fsp3) is 0.667. The highest BCUT2D eigenvalue weighted by molar-refractivity contribution is 5.09. The van der Waals surface area contributed by atoms with Crippen LogP contribution < -0.4 is 5.73 Å². The zero-order valence-electron chi connectivity index (χ0n) is 6.71. The molecule has 0 spiro atoms. The maximum Gasteiger partial charge on any atom is 0.104 e. The first kappa shape index (κ1) is 8.29. The van der Waals surface area contributed by atoms with Gasteiger partial charge in [0.2, 0.25) is 0 Å². The van der Waals surface area contributed by atoms with Gasteiger partial charge >= 0.3 is 0 Å². The molecule has 2 N–H and O–H groups in total. The summed E-state index contributed by atoms with van der Waals surface area (Å²) in [5.74, 6) is 0.452. The van der Waals surface area contributed by atoms with Gasteiger partial charge in [-0.3, -0.25) is 0 Å². The Morgan fingerprint density at radius 3 is 3.00 bits per heavy atom. The van der Waals surface area contributed by atoms with E-state index >= 15 is 0 Å². The Bertz CT molecular complexity index is 192.